The predicted octanol–water partition coefficient (Wildman–Crippen LogP) is 8.12. The van der Waals surface area contributed by atoms with Gasteiger partial charge in [0.25, 0.3) is 11.8 Å². The molecule has 3 rings (SSSR count). The maximum Gasteiger partial charge on any atom is 0.416 e. The van der Waals surface area contributed by atoms with E-state index in [9.17, 15) is 22.8 Å². The van der Waals surface area contributed by atoms with Gasteiger partial charge >= 0.3 is 6.18 Å². The monoisotopic (exact) mass is 655 g/mol. The molecule has 47 heavy (non-hydrogen) atoms. The lowest BCUT2D eigenvalue weighted by molar-refractivity contribution is -0.137. The fourth-order valence-electron chi connectivity index (χ4n) is 5.53. The lowest BCUT2D eigenvalue weighted by Gasteiger charge is -2.41. The van der Waals surface area contributed by atoms with Crippen molar-refractivity contribution in [3.05, 3.63) is 70.8 Å². The van der Waals surface area contributed by atoms with Gasteiger partial charge in [-0.1, -0.05) is 78.0 Å². The summed E-state index contributed by atoms with van der Waals surface area (Å²) in [5.41, 5.74) is -0.683. The summed E-state index contributed by atoms with van der Waals surface area (Å²) in [6.07, 6.45) is -2.00. The van der Waals surface area contributed by atoms with Crippen molar-refractivity contribution in [2.45, 2.75) is 99.0 Å². The topological polar surface area (TPSA) is 136 Å². The van der Waals surface area contributed by atoms with Crippen LogP contribution in [0.5, 0.6) is 0 Å². The van der Waals surface area contributed by atoms with Gasteiger partial charge in [-0.2, -0.15) is 13.2 Å². The van der Waals surface area contributed by atoms with E-state index in [1.807, 2.05) is 6.92 Å². The van der Waals surface area contributed by atoms with Crippen LogP contribution < -0.4 is 11.2 Å². The minimum absolute atomic E-state index is 0.00505. The number of nitrogens with one attached hydrogen (secondary N) is 2. The van der Waals surface area contributed by atoms with E-state index in [4.69, 9.17) is 16.2 Å². The zero-order valence-corrected chi connectivity index (χ0v) is 28.6. The number of nitrogens with two attached hydrogens (primary N) is 1. The first-order chi connectivity index (χ1) is 21.7. The predicted molar refractivity (Wildman–Crippen MR) is 178 cm³/mol. The third-order valence-electron chi connectivity index (χ3n) is 8.92. The lowest BCUT2D eigenvalue weighted by Crippen LogP contribution is -2.47. The third-order valence-corrected chi connectivity index (χ3v) is 8.92. The van der Waals surface area contributed by atoms with Crippen LogP contribution in [-0.2, 0) is 11.0 Å². The molecule has 0 aliphatic carbocycles. The smallest absolute Gasteiger partial charge is 0.345 e. The Balaban J connectivity index is 2.08. The maximum atomic E-state index is 14.4. The van der Waals surface area contributed by atoms with E-state index in [-0.39, 0.29) is 40.4 Å². The second-order valence-electron chi connectivity index (χ2n) is 14.8. The number of amides is 2. The van der Waals surface area contributed by atoms with Crippen molar-refractivity contribution in [2.75, 3.05) is 6.54 Å². The Labute approximate surface area is 275 Å². The highest BCUT2D eigenvalue weighted by Crippen LogP contribution is 2.44. The number of aliphatic imine (C=N–C) groups is 1. The number of benzene rings is 2. The number of amidine groups is 1. The van der Waals surface area contributed by atoms with Gasteiger partial charge in [0.1, 0.15) is 11.4 Å². The average molecular weight is 656 g/mol. The van der Waals surface area contributed by atoms with Gasteiger partial charge in [-0.05, 0) is 79.2 Å². The van der Waals surface area contributed by atoms with Gasteiger partial charge in [0.15, 0.2) is 5.84 Å². The van der Waals surface area contributed by atoms with Gasteiger partial charge in [-0.25, -0.2) is 0 Å². The highest BCUT2D eigenvalue weighted by Gasteiger charge is 2.48. The highest BCUT2D eigenvalue weighted by molar-refractivity contribution is 6.46. The van der Waals surface area contributed by atoms with Gasteiger partial charge < -0.3 is 16.1 Å². The lowest BCUT2D eigenvalue weighted by atomic mass is 9.78. The molecule has 0 saturated carbocycles. The van der Waals surface area contributed by atoms with Crippen LogP contribution in [0.15, 0.2) is 63.9 Å². The Hall–Kier alpha value is -4.09. The fraction of sp³-hybridized carbons (Fsp3) is 0.543. The molecule has 1 aliphatic heterocycles. The summed E-state index contributed by atoms with van der Waals surface area (Å²) in [6, 6.07) is 11.2. The van der Waals surface area contributed by atoms with Crippen LogP contribution in [0.2, 0.25) is 0 Å². The maximum absolute atomic E-state index is 14.4. The first kappa shape index (κ1) is 37.4. The van der Waals surface area contributed by atoms with Gasteiger partial charge in [0.2, 0.25) is 0 Å². The number of alkyl halides is 3. The molecular weight excluding hydrogens is 607 g/mol. The van der Waals surface area contributed by atoms with Crippen LogP contribution in [0.1, 0.15) is 114 Å². The number of carbonyl (C=O) groups excluding carboxylic acids is 2. The van der Waals surface area contributed by atoms with E-state index in [0.29, 0.717) is 18.4 Å². The first-order valence-corrected chi connectivity index (χ1v) is 15.8. The third kappa shape index (κ3) is 9.71. The Morgan fingerprint density at radius 3 is 2.26 bits per heavy atom. The summed E-state index contributed by atoms with van der Waals surface area (Å²) in [7, 11) is 0. The van der Waals surface area contributed by atoms with Gasteiger partial charge in [-0.15, -0.1) is 5.11 Å². The van der Waals surface area contributed by atoms with E-state index in [2.05, 4.69) is 64.1 Å². The molecule has 256 valence electrons. The molecule has 2 amide bonds. The van der Waals surface area contributed by atoms with Crippen LogP contribution in [0.4, 0.5) is 13.2 Å². The molecule has 2 aromatic carbocycles. The molecule has 0 fully saturated rings. The van der Waals surface area contributed by atoms with Crippen LogP contribution in [0.25, 0.3) is 0 Å². The molecule has 1 heterocycles. The molecule has 1 aliphatic rings. The van der Waals surface area contributed by atoms with E-state index < -0.39 is 35.3 Å². The zero-order chi connectivity index (χ0) is 35.4. The van der Waals surface area contributed by atoms with Crippen molar-refractivity contribution >= 4 is 23.4 Å². The quantitative estimate of drug-likeness (QED) is 0.0741. The zero-order valence-electron chi connectivity index (χ0n) is 28.6. The molecule has 3 atom stereocenters. The molecular formula is C35H48F3N7O2. The normalized spacial score (nSPS) is 18.7. The Kier molecular flexibility index (Phi) is 11.4. The average Bonchev–Trinajstić information content (AvgIpc) is 3.24. The van der Waals surface area contributed by atoms with E-state index in [1.54, 1.807) is 29.2 Å². The summed E-state index contributed by atoms with van der Waals surface area (Å²) < 4.78 is 41.1. The first-order valence-electron chi connectivity index (χ1n) is 15.8. The van der Waals surface area contributed by atoms with Crippen molar-refractivity contribution < 1.29 is 22.8 Å². The minimum atomic E-state index is -4.57. The molecule has 3 unspecified atom stereocenters. The Morgan fingerprint density at radius 2 is 1.70 bits per heavy atom. The van der Waals surface area contributed by atoms with Crippen molar-refractivity contribution in [3.63, 3.8) is 0 Å². The molecule has 0 bridgehead atoms. The SMILES string of the molecule is CC(CCC1(C)N=C(c2cccc(C(F)(F)F)c2)C(=O)N1C(CCC(C)(C)C)c1ccc(C(=O)NCC(=N)N=NN)cc1)C(C)(C)C. The molecule has 4 N–H and O–H groups in total. The number of hydrogen-bond donors (Lipinski definition) is 3. The summed E-state index contributed by atoms with van der Waals surface area (Å²) in [4.78, 5) is 33.9. The number of nitrogens with zero attached hydrogens (tertiary/aromatic N) is 4. The van der Waals surface area contributed by atoms with E-state index in [0.717, 1.165) is 30.5 Å². The van der Waals surface area contributed by atoms with Crippen molar-refractivity contribution in [1.29, 1.82) is 5.41 Å². The van der Waals surface area contributed by atoms with E-state index in [1.165, 1.54) is 12.1 Å². The number of carbonyl (C=O) groups is 2. The second-order valence-corrected chi connectivity index (χ2v) is 14.8. The summed E-state index contributed by atoms with van der Waals surface area (Å²) in [5.74, 6) is 4.19. The van der Waals surface area contributed by atoms with Crippen molar-refractivity contribution in [1.82, 2.24) is 10.2 Å². The summed E-state index contributed by atoms with van der Waals surface area (Å²) in [5, 5.41) is 16.7. The molecule has 9 nitrogen and oxygen atoms in total. The molecule has 2 aromatic rings. The molecule has 0 saturated heterocycles. The minimum Gasteiger partial charge on any atom is -0.345 e. The highest BCUT2D eigenvalue weighted by atomic mass is 19.4. The van der Waals surface area contributed by atoms with Gasteiger partial charge in [0.05, 0.1) is 18.2 Å². The summed E-state index contributed by atoms with van der Waals surface area (Å²) >= 11 is 0. The van der Waals surface area contributed by atoms with Crippen LogP contribution in [0.3, 0.4) is 0 Å². The Bertz CT molecular complexity index is 1500. The van der Waals surface area contributed by atoms with Crippen LogP contribution in [-0.4, -0.2) is 40.5 Å². The number of halogens is 3. The van der Waals surface area contributed by atoms with Crippen molar-refractivity contribution in [2.24, 2.45) is 37.9 Å². The standard InChI is InChI=1S/C35H48F3N7O2/c1-22(33(5,6)7)16-19-34(8)42-29(25-10-9-11-26(20-25)35(36,37)38)31(47)45(34)27(17-18-32(2,3)4)23-12-14-24(15-13-23)30(46)41-21-28(39)43-44-40/h9-15,20,22,27H,16-19,21H2,1-8H3,(H,41,46)(H3,39,40,43). The fourth-order valence-corrected chi connectivity index (χ4v) is 5.53. The van der Waals surface area contributed by atoms with E-state index >= 15 is 0 Å². The Morgan fingerprint density at radius 1 is 1.06 bits per heavy atom. The van der Waals surface area contributed by atoms with Gasteiger partial charge in [-0.3, -0.25) is 20.0 Å². The van der Waals surface area contributed by atoms with Crippen LogP contribution in [0, 0.1) is 22.2 Å². The number of rotatable bonds is 11. The second kappa shape index (κ2) is 14.4. The van der Waals surface area contributed by atoms with Crippen LogP contribution >= 0.6 is 0 Å². The molecule has 0 spiro atoms. The number of hydrogen-bond acceptors (Lipinski definition) is 5. The van der Waals surface area contributed by atoms with Crippen molar-refractivity contribution in [3.8, 4) is 0 Å². The summed E-state index contributed by atoms with van der Waals surface area (Å²) in [6.45, 7) is 16.7. The molecule has 12 heteroatoms. The molecule has 0 aromatic heterocycles. The molecule has 0 radical (unpaired) electrons. The largest absolute Gasteiger partial charge is 0.416 e. The van der Waals surface area contributed by atoms with Gasteiger partial charge in [0, 0.05) is 11.1 Å².